The number of hydrogen-bond donors (Lipinski definition) is 1. The molecule has 1 aliphatic carbocycles. The summed E-state index contributed by atoms with van der Waals surface area (Å²) in [7, 11) is -4.21. The standard InChI is InChI=1S/C22H26Cl2N2O6S/c23-18-14-25-20(24)17-13-15(6-7-16(17)18)33(29,30)26(22(21(27)28)8-2-3-9-22)10-12-32-19-5-1-4-11-31-19/h6-7,13-14,19H,1-5,8-12H2,(H,27,28). The molecule has 1 unspecified atom stereocenters. The van der Waals surface area contributed by atoms with Crippen LogP contribution in [-0.4, -0.2) is 60.4 Å². The van der Waals surface area contributed by atoms with Crippen LogP contribution < -0.4 is 0 Å². The molecule has 1 atom stereocenters. The van der Waals surface area contributed by atoms with Crippen molar-refractivity contribution in [3.63, 3.8) is 0 Å². The Morgan fingerprint density at radius 2 is 1.97 bits per heavy atom. The molecule has 0 spiro atoms. The van der Waals surface area contributed by atoms with Crippen LogP contribution in [0.15, 0.2) is 29.3 Å². The molecule has 4 rings (SSSR count). The zero-order valence-corrected chi connectivity index (χ0v) is 20.3. The summed E-state index contributed by atoms with van der Waals surface area (Å²) in [5.74, 6) is -1.15. The third kappa shape index (κ3) is 4.85. The maximum Gasteiger partial charge on any atom is 0.325 e. The average Bonchev–Trinajstić information content (AvgIpc) is 3.30. The smallest absolute Gasteiger partial charge is 0.325 e. The van der Waals surface area contributed by atoms with Crippen LogP contribution in [0.3, 0.4) is 0 Å². The Bertz CT molecular complexity index is 1130. The lowest BCUT2D eigenvalue weighted by molar-refractivity contribution is -0.165. The van der Waals surface area contributed by atoms with Gasteiger partial charge in [0.1, 0.15) is 10.7 Å². The number of carbonyl (C=O) groups is 1. The van der Waals surface area contributed by atoms with Gasteiger partial charge in [0, 0.05) is 30.1 Å². The van der Waals surface area contributed by atoms with Gasteiger partial charge in [0.15, 0.2) is 6.29 Å². The van der Waals surface area contributed by atoms with Gasteiger partial charge < -0.3 is 14.6 Å². The van der Waals surface area contributed by atoms with Crippen molar-refractivity contribution >= 4 is 50.0 Å². The lowest BCUT2D eigenvalue weighted by Gasteiger charge is -2.37. The van der Waals surface area contributed by atoms with Crippen molar-refractivity contribution < 1.29 is 27.8 Å². The van der Waals surface area contributed by atoms with E-state index in [1.165, 1.54) is 18.3 Å². The molecule has 0 bridgehead atoms. The second-order valence-corrected chi connectivity index (χ2v) is 11.0. The molecule has 33 heavy (non-hydrogen) atoms. The Kier molecular flexibility index (Phi) is 7.47. The molecular formula is C22H26Cl2N2O6S. The van der Waals surface area contributed by atoms with Gasteiger partial charge in [-0.1, -0.05) is 42.1 Å². The summed E-state index contributed by atoms with van der Waals surface area (Å²) in [6.07, 6.45) is 5.41. The van der Waals surface area contributed by atoms with Gasteiger partial charge in [-0.2, -0.15) is 4.31 Å². The SMILES string of the molecule is O=C(O)C1(N(CCOC2CCCCO2)S(=O)(=O)c2ccc3c(Cl)cnc(Cl)c3c2)CCCC1. The molecule has 2 heterocycles. The minimum Gasteiger partial charge on any atom is -0.480 e. The number of carboxylic acids is 1. The molecule has 1 saturated heterocycles. The normalized spacial score (nSPS) is 21.0. The summed E-state index contributed by atoms with van der Waals surface area (Å²) >= 11 is 12.4. The fourth-order valence-electron chi connectivity index (χ4n) is 4.65. The van der Waals surface area contributed by atoms with E-state index < -0.39 is 27.8 Å². The van der Waals surface area contributed by atoms with Crippen molar-refractivity contribution in [2.24, 2.45) is 0 Å². The zero-order valence-electron chi connectivity index (χ0n) is 18.0. The number of aliphatic carboxylic acids is 1. The van der Waals surface area contributed by atoms with Crippen molar-refractivity contribution in [2.45, 2.75) is 61.7 Å². The van der Waals surface area contributed by atoms with Gasteiger partial charge >= 0.3 is 5.97 Å². The Morgan fingerprint density at radius 3 is 2.64 bits per heavy atom. The Morgan fingerprint density at radius 1 is 1.21 bits per heavy atom. The number of aromatic nitrogens is 1. The van der Waals surface area contributed by atoms with E-state index in [4.69, 9.17) is 32.7 Å². The third-order valence-corrected chi connectivity index (χ3v) is 8.96. The molecule has 1 saturated carbocycles. The fraction of sp³-hybridized carbons (Fsp3) is 0.545. The first-order valence-corrected chi connectivity index (χ1v) is 13.2. The number of hydrogen-bond acceptors (Lipinski definition) is 6. The molecule has 0 radical (unpaired) electrons. The molecule has 11 heteroatoms. The number of sulfonamides is 1. The summed E-state index contributed by atoms with van der Waals surface area (Å²) in [5, 5.41) is 11.5. The van der Waals surface area contributed by atoms with Crippen molar-refractivity contribution in [3.05, 3.63) is 34.6 Å². The molecule has 1 aromatic heterocycles. The van der Waals surface area contributed by atoms with Crippen LogP contribution in [0, 0.1) is 0 Å². The zero-order chi connectivity index (χ0) is 23.6. The van der Waals surface area contributed by atoms with Crippen LogP contribution in [-0.2, 0) is 24.3 Å². The van der Waals surface area contributed by atoms with Gasteiger partial charge in [-0.15, -0.1) is 0 Å². The van der Waals surface area contributed by atoms with Gasteiger partial charge in [-0.25, -0.2) is 13.4 Å². The fourth-order valence-corrected chi connectivity index (χ4v) is 6.86. The molecule has 1 N–H and O–H groups in total. The molecule has 2 aliphatic rings. The largest absolute Gasteiger partial charge is 0.480 e. The van der Waals surface area contributed by atoms with Gasteiger partial charge in [0.05, 0.1) is 16.5 Å². The van der Waals surface area contributed by atoms with E-state index in [1.54, 1.807) is 6.07 Å². The number of fused-ring (bicyclic) bond motifs is 1. The number of nitrogens with zero attached hydrogens (tertiary/aromatic N) is 2. The quantitative estimate of drug-likeness (QED) is 0.515. The van der Waals surface area contributed by atoms with Crippen LogP contribution >= 0.6 is 23.2 Å². The van der Waals surface area contributed by atoms with Crippen molar-refractivity contribution in [2.75, 3.05) is 19.8 Å². The molecular weight excluding hydrogens is 491 g/mol. The molecule has 2 aromatic rings. The number of pyridine rings is 1. The first kappa shape index (κ1) is 24.6. The van der Waals surface area contributed by atoms with Gasteiger partial charge in [0.2, 0.25) is 10.0 Å². The van der Waals surface area contributed by atoms with Crippen molar-refractivity contribution in [1.29, 1.82) is 0 Å². The number of halogens is 2. The Balaban J connectivity index is 1.69. The molecule has 8 nitrogen and oxygen atoms in total. The highest BCUT2D eigenvalue weighted by molar-refractivity contribution is 7.89. The number of carboxylic acid groups (broad SMARTS) is 1. The summed E-state index contributed by atoms with van der Waals surface area (Å²) < 4.78 is 40.1. The van der Waals surface area contributed by atoms with E-state index in [-0.39, 0.29) is 36.0 Å². The molecule has 180 valence electrons. The van der Waals surface area contributed by atoms with Gasteiger partial charge in [-0.3, -0.25) is 4.79 Å². The molecule has 0 amide bonds. The third-order valence-electron chi connectivity index (χ3n) is 6.39. The van der Waals surface area contributed by atoms with Crippen LogP contribution in [0.25, 0.3) is 10.8 Å². The number of ether oxygens (including phenoxy) is 2. The molecule has 1 aliphatic heterocycles. The minimum atomic E-state index is -4.21. The van der Waals surface area contributed by atoms with Gasteiger partial charge in [0.25, 0.3) is 0 Å². The van der Waals surface area contributed by atoms with E-state index >= 15 is 0 Å². The van der Waals surface area contributed by atoms with Crippen LogP contribution in [0.4, 0.5) is 0 Å². The second-order valence-electron chi connectivity index (χ2n) is 8.39. The Hall–Kier alpha value is -1.49. The monoisotopic (exact) mass is 516 g/mol. The maximum atomic E-state index is 13.8. The molecule has 1 aromatic carbocycles. The van der Waals surface area contributed by atoms with E-state index in [9.17, 15) is 18.3 Å². The van der Waals surface area contributed by atoms with E-state index in [0.29, 0.717) is 35.2 Å². The van der Waals surface area contributed by atoms with E-state index in [2.05, 4.69) is 4.98 Å². The average molecular weight is 517 g/mol. The predicted octanol–water partition coefficient (Wildman–Crippen LogP) is 4.47. The van der Waals surface area contributed by atoms with E-state index in [0.717, 1.165) is 23.6 Å². The predicted molar refractivity (Wildman–Crippen MR) is 124 cm³/mol. The second kappa shape index (κ2) is 10.0. The summed E-state index contributed by atoms with van der Waals surface area (Å²) in [5.41, 5.74) is -1.53. The lowest BCUT2D eigenvalue weighted by atomic mass is 9.98. The van der Waals surface area contributed by atoms with Crippen molar-refractivity contribution in [3.8, 4) is 0 Å². The summed E-state index contributed by atoms with van der Waals surface area (Å²) in [6.45, 7) is 0.523. The summed E-state index contributed by atoms with van der Waals surface area (Å²) in [6, 6.07) is 4.38. The highest BCUT2D eigenvalue weighted by atomic mass is 35.5. The highest BCUT2D eigenvalue weighted by Gasteiger charge is 2.51. The van der Waals surface area contributed by atoms with Crippen LogP contribution in [0.5, 0.6) is 0 Å². The number of benzene rings is 1. The van der Waals surface area contributed by atoms with Crippen LogP contribution in [0.1, 0.15) is 44.9 Å². The number of rotatable bonds is 8. The summed E-state index contributed by atoms with van der Waals surface area (Å²) in [4.78, 5) is 16.3. The van der Waals surface area contributed by atoms with Gasteiger partial charge in [-0.05, 0) is 44.2 Å². The minimum absolute atomic E-state index is 0.0284. The van der Waals surface area contributed by atoms with Crippen molar-refractivity contribution in [1.82, 2.24) is 9.29 Å². The molecule has 2 fully saturated rings. The Labute approximate surface area is 202 Å². The first-order valence-electron chi connectivity index (χ1n) is 11.0. The maximum absolute atomic E-state index is 13.8. The topological polar surface area (TPSA) is 106 Å². The highest BCUT2D eigenvalue weighted by Crippen LogP contribution is 2.40. The first-order chi connectivity index (χ1) is 15.8. The van der Waals surface area contributed by atoms with Crippen LogP contribution in [0.2, 0.25) is 10.2 Å². The van der Waals surface area contributed by atoms with E-state index in [1.807, 2.05) is 0 Å². The lowest BCUT2D eigenvalue weighted by Crippen LogP contribution is -2.56.